The van der Waals surface area contributed by atoms with Crippen molar-refractivity contribution in [2.24, 2.45) is 0 Å². The van der Waals surface area contributed by atoms with Gasteiger partial charge in [-0.15, -0.1) is 5.10 Å². The molecule has 2 heterocycles. The fourth-order valence-corrected chi connectivity index (χ4v) is 3.62. The number of hydrogen-bond donors (Lipinski definition) is 1. The molecular formula is C12H20N4OS. The molecular weight excluding hydrogens is 248 g/mol. The summed E-state index contributed by atoms with van der Waals surface area (Å²) in [5, 5.41) is 18.3. The first-order chi connectivity index (χ1) is 8.63. The Balaban J connectivity index is 1.57. The van der Waals surface area contributed by atoms with Crippen LogP contribution in [0.4, 0.5) is 0 Å². The highest BCUT2D eigenvalue weighted by atomic mass is 32.2. The average molecular weight is 268 g/mol. The molecule has 2 fully saturated rings. The minimum Gasteiger partial charge on any atom is -0.387 e. The minimum absolute atomic E-state index is 0.485. The SMILES string of the molecule is CSC1(CN2CCC(O)(Cn3ccnn3)C2)CC1. The molecule has 100 valence electrons. The van der Waals surface area contributed by atoms with Gasteiger partial charge in [0, 0.05) is 30.6 Å². The Morgan fingerprint density at radius 1 is 1.33 bits per heavy atom. The van der Waals surface area contributed by atoms with E-state index < -0.39 is 5.60 Å². The van der Waals surface area contributed by atoms with Crippen LogP contribution in [0.25, 0.3) is 0 Å². The number of nitrogens with zero attached hydrogens (tertiary/aromatic N) is 4. The molecule has 6 heteroatoms. The second kappa shape index (κ2) is 4.51. The van der Waals surface area contributed by atoms with Gasteiger partial charge in [-0.3, -0.25) is 4.90 Å². The van der Waals surface area contributed by atoms with Gasteiger partial charge in [0.15, 0.2) is 0 Å². The van der Waals surface area contributed by atoms with Crippen LogP contribution in [0.1, 0.15) is 19.3 Å². The van der Waals surface area contributed by atoms with Crippen molar-refractivity contribution in [3.05, 3.63) is 12.4 Å². The highest BCUT2D eigenvalue weighted by Gasteiger charge is 2.46. The molecule has 18 heavy (non-hydrogen) atoms. The second-order valence-electron chi connectivity index (χ2n) is 5.67. The average Bonchev–Trinajstić information content (AvgIpc) is 2.75. The monoisotopic (exact) mass is 268 g/mol. The molecule has 5 nitrogen and oxygen atoms in total. The third kappa shape index (κ3) is 2.55. The van der Waals surface area contributed by atoms with Crippen molar-refractivity contribution >= 4 is 11.8 Å². The maximum absolute atomic E-state index is 10.6. The van der Waals surface area contributed by atoms with E-state index in [4.69, 9.17) is 0 Å². The van der Waals surface area contributed by atoms with Crippen molar-refractivity contribution in [3.8, 4) is 0 Å². The molecule has 1 aromatic rings. The van der Waals surface area contributed by atoms with Crippen LogP contribution in [0.3, 0.4) is 0 Å². The number of thioether (sulfide) groups is 1. The number of β-amino-alcohol motifs (C(OH)–C–C–N with tert-alkyl or cyclic N) is 1. The summed E-state index contributed by atoms with van der Waals surface area (Å²) >= 11 is 1.98. The van der Waals surface area contributed by atoms with Crippen LogP contribution in [0.15, 0.2) is 12.4 Å². The Labute approximate surface area is 112 Å². The first-order valence-electron chi connectivity index (χ1n) is 6.47. The molecule has 2 aliphatic rings. The van der Waals surface area contributed by atoms with Crippen LogP contribution in [0, 0.1) is 0 Å². The predicted octanol–water partition coefficient (Wildman–Crippen LogP) is 0.610. The van der Waals surface area contributed by atoms with Crippen LogP contribution in [0.5, 0.6) is 0 Å². The fraction of sp³-hybridized carbons (Fsp3) is 0.833. The minimum atomic E-state index is -0.637. The van der Waals surface area contributed by atoms with Crippen molar-refractivity contribution < 1.29 is 5.11 Å². The molecule has 1 aliphatic heterocycles. The first-order valence-corrected chi connectivity index (χ1v) is 7.70. The van der Waals surface area contributed by atoms with Gasteiger partial charge in [-0.25, -0.2) is 4.68 Å². The number of likely N-dealkylation sites (tertiary alicyclic amines) is 1. The smallest absolute Gasteiger partial charge is 0.0981 e. The lowest BCUT2D eigenvalue weighted by Crippen LogP contribution is -2.39. The largest absolute Gasteiger partial charge is 0.387 e. The van der Waals surface area contributed by atoms with Crippen LogP contribution in [-0.2, 0) is 6.54 Å². The van der Waals surface area contributed by atoms with Crippen LogP contribution < -0.4 is 0 Å². The van der Waals surface area contributed by atoms with Gasteiger partial charge in [0.25, 0.3) is 0 Å². The molecule has 0 radical (unpaired) electrons. The van der Waals surface area contributed by atoms with Gasteiger partial charge in [-0.05, 0) is 25.5 Å². The molecule has 0 bridgehead atoms. The van der Waals surface area contributed by atoms with Crippen molar-refractivity contribution in [2.75, 3.05) is 25.9 Å². The Morgan fingerprint density at radius 3 is 2.78 bits per heavy atom. The van der Waals surface area contributed by atoms with Gasteiger partial charge < -0.3 is 5.11 Å². The van der Waals surface area contributed by atoms with Gasteiger partial charge in [0.05, 0.1) is 18.3 Å². The predicted molar refractivity (Wildman–Crippen MR) is 71.5 cm³/mol. The van der Waals surface area contributed by atoms with E-state index in [0.29, 0.717) is 11.3 Å². The van der Waals surface area contributed by atoms with E-state index in [0.717, 1.165) is 26.1 Å². The number of rotatable bonds is 5. The summed E-state index contributed by atoms with van der Waals surface area (Å²) in [6, 6.07) is 0. The van der Waals surface area contributed by atoms with Crippen molar-refractivity contribution in [2.45, 2.75) is 36.2 Å². The summed E-state index contributed by atoms with van der Waals surface area (Å²) in [5.41, 5.74) is -0.637. The summed E-state index contributed by atoms with van der Waals surface area (Å²) in [5.74, 6) is 0. The molecule has 0 aromatic carbocycles. The molecule has 3 rings (SSSR count). The maximum atomic E-state index is 10.6. The molecule has 1 unspecified atom stereocenters. The summed E-state index contributed by atoms with van der Waals surface area (Å²) in [4.78, 5) is 2.40. The molecule has 1 aromatic heterocycles. The van der Waals surface area contributed by atoms with Gasteiger partial charge >= 0.3 is 0 Å². The topological polar surface area (TPSA) is 54.2 Å². The van der Waals surface area contributed by atoms with E-state index >= 15 is 0 Å². The van der Waals surface area contributed by atoms with Gasteiger partial charge in [-0.2, -0.15) is 11.8 Å². The zero-order chi connectivity index (χ0) is 12.6. The summed E-state index contributed by atoms with van der Waals surface area (Å²) < 4.78 is 2.21. The van der Waals surface area contributed by atoms with Crippen LogP contribution >= 0.6 is 11.8 Å². The van der Waals surface area contributed by atoms with Gasteiger partial charge in [0.2, 0.25) is 0 Å². The van der Waals surface area contributed by atoms with E-state index in [-0.39, 0.29) is 0 Å². The first kappa shape index (κ1) is 12.4. The standard InChI is InChI=1S/C12H20N4OS/c1-18-12(2-3-12)10-15-6-4-11(17,8-15)9-16-7-5-13-14-16/h5,7,17H,2-4,6,8-10H2,1H3. The van der Waals surface area contributed by atoms with Crippen LogP contribution in [0.2, 0.25) is 0 Å². The normalized spacial score (nSPS) is 30.8. The van der Waals surface area contributed by atoms with E-state index in [2.05, 4.69) is 21.5 Å². The summed E-state index contributed by atoms with van der Waals surface area (Å²) in [6.45, 7) is 3.42. The summed E-state index contributed by atoms with van der Waals surface area (Å²) in [7, 11) is 0. The lowest BCUT2D eigenvalue weighted by molar-refractivity contribution is 0.0281. The zero-order valence-corrected chi connectivity index (χ0v) is 11.6. The van der Waals surface area contributed by atoms with Crippen molar-refractivity contribution in [1.82, 2.24) is 19.9 Å². The van der Waals surface area contributed by atoms with E-state index in [9.17, 15) is 5.11 Å². The quantitative estimate of drug-likeness (QED) is 0.848. The molecule has 1 saturated heterocycles. The number of hydrogen-bond acceptors (Lipinski definition) is 5. The van der Waals surface area contributed by atoms with E-state index in [1.807, 2.05) is 18.0 Å². The lowest BCUT2D eigenvalue weighted by Gasteiger charge is -2.25. The van der Waals surface area contributed by atoms with E-state index in [1.54, 1.807) is 10.9 Å². The number of aliphatic hydroxyl groups is 1. The fourth-order valence-electron chi connectivity index (χ4n) is 2.80. The van der Waals surface area contributed by atoms with Crippen molar-refractivity contribution in [1.29, 1.82) is 0 Å². The Hall–Kier alpha value is -0.590. The molecule has 0 spiro atoms. The van der Waals surface area contributed by atoms with Crippen molar-refractivity contribution in [3.63, 3.8) is 0 Å². The maximum Gasteiger partial charge on any atom is 0.0981 e. The Kier molecular flexibility index (Phi) is 3.11. The molecule has 1 atom stereocenters. The number of aromatic nitrogens is 3. The highest BCUT2D eigenvalue weighted by molar-refractivity contribution is 8.00. The van der Waals surface area contributed by atoms with Crippen LogP contribution in [-0.4, -0.2) is 61.2 Å². The lowest BCUT2D eigenvalue weighted by atomic mass is 10.0. The second-order valence-corrected chi connectivity index (χ2v) is 6.95. The molecule has 1 aliphatic carbocycles. The molecule has 0 amide bonds. The molecule has 1 saturated carbocycles. The Bertz CT molecular complexity index is 406. The third-order valence-corrected chi connectivity index (χ3v) is 5.50. The van der Waals surface area contributed by atoms with E-state index in [1.165, 1.54) is 12.8 Å². The Morgan fingerprint density at radius 2 is 2.17 bits per heavy atom. The van der Waals surface area contributed by atoms with Gasteiger partial charge in [0.1, 0.15) is 0 Å². The zero-order valence-electron chi connectivity index (χ0n) is 10.7. The van der Waals surface area contributed by atoms with Gasteiger partial charge in [-0.1, -0.05) is 5.21 Å². The third-order valence-electron chi connectivity index (χ3n) is 4.09. The highest BCUT2D eigenvalue weighted by Crippen LogP contribution is 2.48. The summed E-state index contributed by atoms with van der Waals surface area (Å²) in [6.07, 6.45) is 9.15. The molecule has 1 N–H and O–H groups in total.